The van der Waals surface area contributed by atoms with Gasteiger partial charge in [0.25, 0.3) is 0 Å². The molecule has 0 radical (unpaired) electrons. The Morgan fingerprint density at radius 2 is 2.04 bits per heavy atom. The van der Waals surface area contributed by atoms with Crippen LogP contribution in [-0.4, -0.2) is 53.0 Å². The molecule has 138 valence electrons. The van der Waals surface area contributed by atoms with Crippen LogP contribution in [-0.2, 0) is 6.54 Å². The van der Waals surface area contributed by atoms with Gasteiger partial charge in [0.1, 0.15) is 12.1 Å². The minimum absolute atomic E-state index is 0.0747. The Kier molecular flexibility index (Phi) is 5.62. The van der Waals surface area contributed by atoms with Crippen LogP contribution in [0.25, 0.3) is 0 Å². The first kappa shape index (κ1) is 18.5. The average molecular weight is 425 g/mol. The van der Waals surface area contributed by atoms with Gasteiger partial charge in [-0.15, -0.1) is 0 Å². The number of nitrogens with one attached hydrogen (secondary N) is 1. The molecule has 3 rings (SSSR count). The highest BCUT2D eigenvalue weighted by Crippen LogP contribution is 2.32. The second kappa shape index (κ2) is 7.92. The molecule has 1 saturated heterocycles. The molecule has 0 saturated carbocycles. The predicted octanol–water partition coefficient (Wildman–Crippen LogP) is 2.65. The lowest BCUT2D eigenvalue weighted by Crippen LogP contribution is -2.45. The summed E-state index contributed by atoms with van der Waals surface area (Å²) in [5.74, 6) is -0.0229. The Morgan fingerprint density at radius 3 is 2.73 bits per heavy atom. The van der Waals surface area contributed by atoms with E-state index in [1.807, 2.05) is 11.9 Å². The highest BCUT2D eigenvalue weighted by molar-refractivity contribution is 9.10. The minimum Gasteiger partial charge on any atom is -0.360 e. The van der Waals surface area contributed by atoms with Gasteiger partial charge in [0.2, 0.25) is 11.6 Å². The smallest absolute Gasteiger partial charge is 0.353 e. The maximum Gasteiger partial charge on any atom is 0.353 e. The van der Waals surface area contributed by atoms with E-state index in [4.69, 9.17) is 0 Å². The van der Waals surface area contributed by atoms with Crippen LogP contribution < -0.4 is 10.2 Å². The number of aromatic nitrogens is 2. The quantitative estimate of drug-likeness (QED) is 0.582. The van der Waals surface area contributed by atoms with Crippen molar-refractivity contribution in [1.29, 1.82) is 0 Å². The number of anilines is 2. The maximum atomic E-state index is 13.9. The van der Waals surface area contributed by atoms with Crippen LogP contribution in [0.15, 0.2) is 29.0 Å². The molecule has 1 aromatic heterocycles. The molecule has 26 heavy (non-hydrogen) atoms. The van der Waals surface area contributed by atoms with Gasteiger partial charge >= 0.3 is 5.69 Å². The van der Waals surface area contributed by atoms with Crippen molar-refractivity contribution in [2.24, 2.45) is 0 Å². The zero-order chi connectivity index (χ0) is 18.7. The van der Waals surface area contributed by atoms with Crippen LogP contribution in [0.3, 0.4) is 0 Å². The molecule has 0 amide bonds. The lowest BCUT2D eigenvalue weighted by molar-refractivity contribution is -0.383. The summed E-state index contributed by atoms with van der Waals surface area (Å²) in [5.41, 5.74) is 0.195. The van der Waals surface area contributed by atoms with E-state index in [2.05, 4.69) is 36.1 Å². The molecule has 1 aliphatic heterocycles. The molecule has 0 aliphatic carbocycles. The summed E-state index contributed by atoms with van der Waals surface area (Å²) in [5, 5.41) is 14.5. The molecule has 1 fully saturated rings. The second-order valence-electron chi connectivity index (χ2n) is 6.03. The third-order valence-corrected chi connectivity index (χ3v) is 4.74. The molecule has 10 heteroatoms. The monoisotopic (exact) mass is 424 g/mol. The molecule has 0 bridgehead atoms. The van der Waals surface area contributed by atoms with Gasteiger partial charge in [0, 0.05) is 42.8 Å². The largest absolute Gasteiger partial charge is 0.360 e. The summed E-state index contributed by atoms with van der Waals surface area (Å²) in [6.07, 6.45) is 1.29. The lowest BCUT2D eigenvalue weighted by atomic mass is 10.2. The summed E-state index contributed by atoms with van der Waals surface area (Å²) in [6.45, 7) is 2.97. The number of hydrogen-bond donors (Lipinski definition) is 1. The Balaban J connectivity index is 1.86. The molecular weight excluding hydrogens is 407 g/mol. The fraction of sp³-hybridized carbons (Fsp3) is 0.375. The van der Waals surface area contributed by atoms with Gasteiger partial charge in [0.05, 0.1) is 4.92 Å². The number of nitro groups is 1. The fourth-order valence-corrected chi connectivity index (χ4v) is 3.18. The van der Waals surface area contributed by atoms with Crippen molar-refractivity contribution < 1.29 is 9.31 Å². The Labute approximate surface area is 158 Å². The van der Waals surface area contributed by atoms with E-state index in [1.54, 1.807) is 12.1 Å². The summed E-state index contributed by atoms with van der Waals surface area (Å²) in [7, 11) is 2.01. The number of halogens is 2. The number of benzene rings is 1. The Morgan fingerprint density at radius 1 is 1.31 bits per heavy atom. The normalized spacial score (nSPS) is 15.1. The first-order chi connectivity index (χ1) is 12.5. The van der Waals surface area contributed by atoms with E-state index in [-0.39, 0.29) is 23.9 Å². The van der Waals surface area contributed by atoms with Crippen LogP contribution >= 0.6 is 15.9 Å². The second-order valence-corrected chi connectivity index (χ2v) is 6.95. The van der Waals surface area contributed by atoms with Gasteiger partial charge in [-0.05, 0) is 25.2 Å². The van der Waals surface area contributed by atoms with E-state index in [0.29, 0.717) is 18.7 Å². The van der Waals surface area contributed by atoms with E-state index in [1.165, 1.54) is 12.4 Å². The van der Waals surface area contributed by atoms with Gasteiger partial charge in [-0.3, -0.25) is 10.1 Å². The summed E-state index contributed by atoms with van der Waals surface area (Å²) < 4.78 is 14.6. The SMILES string of the molecule is CN1CCN(c2ncnc(NCc3cc(Br)ccc3F)c2[N+](=O)[O-])CC1. The highest BCUT2D eigenvalue weighted by atomic mass is 79.9. The van der Waals surface area contributed by atoms with Gasteiger partial charge in [0.15, 0.2) is 0 Å². The molecule has 2 aromatic rings. The zero-order valence-corrected chi connectivity index (χ0v) is 15.7. The summed E-state index contributed by atoms with van der Waals surface area (Å²) >= 11 is 3.29. The topological polar surface area (TPSA) is 87.4 Å². The van der Waals surface area contributed by atoms with E-state index >= 15 is 0 Å². The molecule has 0 unspecified atom stereocenters. The van der Waals surface area contributed by atoms with Gasteiger partial charge < -0.3 is 15.1 Å². The number of hydrogen-bond acceptors (Lipinski definition) is 7. The number of rotatable bonds is 5. The van der Waals surface area contributed by atoms with Crippen LogP contribution in [0.5, 0.6) is 0 Å². The standard InChI is InChI=1S/C16H18BrFN6O2/c1-22-4-6-23(7-5-22)16-14(24(25)26)15(20-10-21-16)19-9-11-8-12(17)2-3-13(11)18/h2-3,8,10H,4-7,9H2,1H3,(H,19,20,21). The zero-order valence-electron chi connectivity index (χ0n) is 14.2. The van der Waals surface area contributed by atoms with Crippen LogP contribution in [0.4, 0.5) is 21.7 Å². The van der Waals surface area contributed by atoms with Crippen molar-refractivity contribution in [2.45, 2.75) is 6.54 Å². The Hall–Kier alpha value is -2.33. The Bertz CT molecular complexity index is 813. The van der Waals surface area contributed by atoms with Crippen molar-refractivity contribution in [3.8, 4) is 0 Å². The van der Waals surface area contributed by atoms with Gasteiger partial charge in [-0.25, -0.2) is 14.4 Å². The molecular formula is C16H18BrFN6O2. The van der Waals surface area contributed by atoms with Crippen molar-refractivity contribution >= 4 is 33.3 Å². The van der Waals surface area contributed by atoms with Gasteiger partial charge in [-0.1, -0.05) is 15.9 Å². The van der Waals surface area contributed by atoms with E-state index in [9.17, 15) is 14.5 Å². The van der Waals surface area contributed by atoms with Crippen molar-refractivity contribution in [3.05, 3.63) is 50.5 Å². The molecule has 2 heterocycles. The maximum absolute atomic E-state index is 13.9. The molecule has 8 nitrogen and oxygen atoms in total. The molecule has 1 aromatic carbocycles. The van der Waals surface area contributed by atoms with Crippen molar-refractivity contribution in [1.82, 2.24) is 14.9 Å². The first-order valence-corrected chi connectivity index (χ1v) is 8.85. The number of piperazine rings is 1. The van der Waals surface area contributed by atoms with Crippen LogP contribution in [0, 0.1) is 15.9 Å². The fourth-order valence-electron chi connectivity index (χ4n) is 2.77. The van der Waals surface area contributed by atoms with E-state index in [0.717, 1.165) is 17.6 Å². The molecule has 1 N–H and O–H groups in total. The average Bonchev–Trinajstić information content (AvgIpc) is 2.62. The van der Waals surface area contributed by atoms with Gasteiger partial charge in [-0.2, -0.15) is 0 Å². The molecule has 0 spiro atoms. The van der Waals surface area contributed by atoms with Crippen LogP contribution in [0.2, 0.25) is 0 Å². The number of likely N-dealkylation sites (N-methyl/N-ethyl adjacent to an activating group) is 1. The summed E-state index contributed by atoms with van der Waals surface area (Å²) in [4.78, 5) is 23.3. The lowest BCUT2D eigenvalue weighted by Gasteiger charge is -2.32. The third-order valence-electron chi connectivity index (χ3n) is 4.24. The van der Waals surface area contributed by atoms with Crippen LogP contribution in [0.1, 0.15) is 5.56 Å². The highest BCUT2D eigenvalue weighted by Gasteiger charge is 2.28. The third kappa shape index (κ3) is 4.07. The first-order valence-electron chi connectivity index (χ1n) is 8.06. The molecule has 1 aliphatic rings. The molecule has 0 atom stereocenters. The summed E-state index contributed by atoms with van der Waals surface area (Å²) in [6, 6.07) is 4.55. The van der Waals surface area contributed by atoms with Crippen molar-refractivity contribution in [3.63, 3.8) is 0 Å². The van der Waals surface area contributed by atoms with Crippen molar-refractivity contribution in [2.75, 3.05) is 43.4 Å². The minimum atomic E-state index is -0.493. The van der Waals surface area contributed by atoms with E-state index < -0.39 is 10.7 Å². The number of nitrogens with zero attached hydrogens (tertiary/aromatic N) is 5. The predicted molar refractivity (Wildman–Crippen MR) is 99.8 cm³/mol.